The quantitative estimate of drug-likeness (QED) is 0.551. The van der Waals surface area contributed by atoms with E-state index in [-0.39, 0.29) is 6.03 Å². The molecule has 1 heterocycles. The van der Waals surface area contributed by atoms with Crippen LogP contribution in [0.5, 0.6) is 0 Å². The van der Waals surface area contributed by atoms with Crippen LogP contribution in [-0.2, 0) is 11.3 Å². The highest BCUT2D eigenvalue weighted by Crippen LogP contribution is 2.20. The summed E-state index contributed by atoms with van der Waals surface area (Å²) in [4.78, 5) is 28.1. The largest absolute Gasteiger partial charge is 0.465 e. The zero-order valence-corrected chi connectivity index (χ0v) is 15.3. The van der Waals surface area contributed by atoms with Crippen molar-refractivity contribution < 1.29 is 14.3 Å². The number of rotatable bonds is 4. The summed E-state index contributed by atoms with van der Waals surface area (Å²) in [5, 5.41) is 6.57. The van der Waals surface area contributed by atoms with Crippen molar-refractivity contribution in [2.75, 3.05) is 12.4 Å². The molecule has 2 aromatic carbocycles. The van der Waals surface area contributed by atoms with Gasteiger partial charge in [-0.2, -0.15) is 0 Å². The number of carbonyl (C=O) groups excluding carboxylic acids is 2. The monoisotopic (exact) mass is 361 g/mol. The summed E-state index contributed by atoms with van der Waals surface area (Å²) in [5.41, 5.74) is 2.73. The topological polar surface area (TPSA) is 80.3 Å². The standard InChI is InChI=1S/C19H16N3O3.Al/c1-25-18(23)15-9-7-13(8-10-15)12-21-19(24)22-16-6-2-4-14-5-3-11-20-17(14)16;/h2-9,11H,12H2,1H3,(H2,21,22,24);. The van der Waals surface area contributed by atoms with Gasteiger partial charge in [-0.25, -0.2) is 9.59 Å². The molecule has 2 radical (unpaired) electrons. The van der Waals surface area contributed by atoms with Gasteiger partial charge in [-0.05, 0) is 23.8 Å². The summed E-state index contributed by atoms with van der Waals surface area (Å²) in [7, 11) is 1.34. The third kappa shape index (κ3) is 4.02. The Balaban J connectivity index is 1.66. The van der Waals surface area contributed by atoms with Crippen LogP contribution in [0.3, 0.4) is 0 Å². The SMILES string of the molecule is COC(=O)c1ccc(CNC(=O)Nc2cccc3cccnc23)c[c]1[Al]. The highest BCUT2D eigenvalue weighted by molar-refractivity contribution is 6.36. The average Bonchev–Trinajstić information content (AvgIpc) is 2.66. The zero-order chi connectivity index (χ0) is 18.5. The lowest BCUT2D eigenvalue weighted by Crippen LogP contribution is -2.29. The molecule has 3 rings (SSSR count). The molecule has 3 aromatic rings. The average molecular weight is 361 g/mol. The van der Waals surface area contributed by atoms with E-state index in [0.29, 0.717) is 17.8 Å². The molecule has 0 aliphatic carbocycles. The summed E-state index contributed by atoms with van der Waals surface area (Å²) in [5.74, 6) is -0.393. The van der Waals surface area contributed by atoms with Crippen molar-refractivity contribution in [3.63, 3.8) is 0 Å². The first-order chi connectivity index (χ1) is 12.6. The van der Waals surface area contributed by atoms with Crippen LogP contribution in [0.4, 0.5) is 10.5 Å². The molecule has 6 nitrogen and oxygen atoms in total. The molecule has 0 unspecified atom stereocenters. The number of nitrogens with one attached hydrogen (secondary N) is 2. The first-order valence-corrected chi connectivity index (χ1v) is 8.51. The molecular formula is C19H16AlN3O3. The van der Waals surface area contributed by atoms with Crippen molar-refractivity contribution in [2.45, 2.75) is 6.54 Å². The van der Waals surface area contributed by atoms with Crippen molar-refractivity contribution in [1.82, 2.24) is 10.3 Å². The Hall–Kier alpha value is -2.88. The van der Waals surface area contributed by atoms with Crippen LogP contribution >= 0.6 is 0 Å². The number of esters is 1. The molecule has 0 bridgehead atoms. The van der Waals surface area contributed by atoms with Gasteiger partial charge < -0.3 is 15.4 Å². The maximum absolute atomic E-state index is 12.2. The van der Waals surface area contributed by atoms with E-state index in [1.54, 1.807) is 24.4 Å². The van der Waals surface area contributed by atoms with Crippen LogP contribution in [-0.4, -0.2) is 40.4 Å². The second-order valence-electron chi connectivity index (χ2n) is 5.60. The molecule has 2 amide bonds. The van der Waals surface area contributed by atoms with Gasteiger partial charge in [0.25, 0.3) is 0 Å². The molecule has 2 N–H and O–H groups in total. The zero-order valence-electron chi connectivity index (χ0n) is 14.2. The molecule has 0 atom stereocenters. The predicted molar refractivity (Wildman–Crippen MR) is 101 cm³/mol. The Kier molecular flexibility index (Phi) is 5.52. The molecule has 0 fully saturated rings. The van der Waals surface area contributed by atoms with Gasteiger partial charge in [0.2, 0.25) is 0 Å². The van der Waals surface area contributed by atoms with Crippen molar-refractivity contribution in [2.24, 2.45) is 0 Å². The fraction of sp³-hybridized carbons (Fsp3) is 0.105. The Bertz CT molecular complexity index is 970. The summed E-state index contributed by atoms with van der Waals surface area (Å²) in [6.07, 6.45) is 1.69. The number of fused-ring (bicyclic) bond motifs is 1. The lowest BCUT2D eigenvalue weighted by molar-refractivity contribution is 0.0602. The summed E-state index contributed by atoms with van der Waals surface area (Å²) >= 11 is 2.50. The highest BCUT2D eigenvalue weighted by Gasteiger charge is 2.09. The van der Waals surface area contributed by atoms with Gasteiger partial charge in [-0.3, -0.25) is 4.98 Å². The number of hydrogen-bond acceptors (Lipinski definition) is 4. The van der Waals surface area contributed by atoms with E-state index in [2.05, 4.69) is 31.9 Å². The molecule has 0 aliphatic rings. The minimum absolute atomic E-state index is 0.326. The van der Waals surface area contributed by atoms with Crippen molar-refractivity contribution in [1.29, 1.82) is 0 Å². The van der Waals surface area contributed by atoms with Crippen LogP contribution in [0.2, 0.25) is 0 Å². The predicted octanol–water partition coefficient (Wildman–Crippen LogP) is 2.14. The smallest absolute Gasteiger partial charge is 0.336 e. The van der Waals surface area contributed by atoms with Gasteiger partial charge in [0.1, 0.15) is 0 Å². The van der Waals surface area contributed by atoms with Crippen molar-refractivity contribution >= 4 is 49.3 Å². The Labute approximate surface area is 159 Å². The molecule has 0 saturated heterocycles. The van der Waals surface area contributed by atoms with E-state index in [0.717, 1.165) is 20.9 Å². The van der Waals surface area contributed by atoms with E-state index < -0.39 is 5.97 Å². The van der Waals surface area contributed by atoms with Gasteiger partial charge >= 0.3 is 12.0 Å². The van der Waals surface area contributed by atoms with Crippen LogP contribution in [0.15, 0.2) is 54.7 Å². The number of nitrogens with zero attached hydrogens (tertiary/aromatic N) is 1. The first-order valence-electron chi connectivity index (χ1n) is 7.94. The summed E-state index contributed by atoms with van der Waals surface area (Å²) in [6.45, 7) is 0.326. The van der Waals surface area contributed by atoms with Crippen LogP contribution in [0.25, 0.3) is 10.9 Å². The molecule has 1 aromatic heterocycles. The second kappa shape index (κ2) is 8.00. The number of aromatic nitrogens is 1. The number of benzene rings is 2. The number of anilines is 1. The summed E-state index contributed by atoms with van der Waals surface area (Å²) < 4.78 is 5.44. The number of amides is 2. The third-order valence-electron chi connectivity index (χ3n) is 3.86. The minimum atomic E-state index is -0.393. The third-order valence-corrected chi connectivity index (χ3v) is 4.33. The fourth-order valence-electron chi connectivity index (χ4n) is 2.57. The molecular weight excluding hydrogens is 345 g/mol. The molecule has 0 spiro atoms. The fourth-order valence-corrected chi connectivity index (χ4v) is 3.00. The van der Waals surface area contributed by atoms with Gasteiger partial charge in [-0.15, -0.1) is 4.43 Å². The lowest BCUT2D eigenvalue weighted by Gasteiger charge is -2.11. The maximum Gasteiger partial charge on any atom is 0.336 e. The number of methoxy groups -OCH3 is 1. The second-order valence-corrected chi connectivity index (χ2v) is 6.22. The van der Waals surface area contributed by atoms with Crippen LogP contribution in [0.1, 0.15) is 15.9 Å². The number of ether oxygens (including phenoxy) is 1. The van der Waals surface area contributed by atoms with Crippen molar-refractivity contribution in [3.8, 4) is 0 Å². The number of hydrogen-bond donors (Lipinski definition) is 2. The van der Waals surface area contributed by atoms with Gasteiger partial charge in [0.05, 0.1) is 18.3 Å². The van der Waals surface area contributed by atoms with E-state index in [9.17, 15) is 9.59 Å². The Morgan fingerprint density at radius 2 is 1.96 bits per heavy atom. The number of pyridine rings is 1. The van der Waals surface area contributed by atoms with E-state index in [1.165, 1.54) is 7.11 Å². The minimum Gasteiger partial charge on any atom is -0.465 e. The van der Waals surface area contributed by atoms with Crippen LogP contribution in [0, 0.1) is 0 Å². The van der Waals surface area contributed by atoms with Crippen LogP contribution < -0.4 is 15.1 Å². The van der Waals surface area contributed by atoms with Gasteiger partial charge in [0, 0.05) is 23.7 Å². The van der Waals surface area contributed by atoms with E-state index in [1.807, 2.05) is 30.3 Å². The molecule has 26 heavy (non-hydrogen) atoms. The molecule has 0 saturated carbocycles. The first kappa shape index (κ1) is 17.9. The van der Waals surface area contributed by atoms with Gasteiger partial charge in [-0.1, -0.05) is 30.3 Å². The summed E-state index contributed by atoms with van der Waals surface area (Å²) in [6, 6.07) is 14.3. The maximum atomic E-state index is 12.2. The highest BCUT2D eigenvalue weighted by atomic mass is 27.0. The van der Waals surface area contributed by atoms with Gasteiger partial charge in [0.15, 0.2) is 16.3 Å². The Morgan fingerprint density at radius 1 is 1.15 bits per heavy atom. The molecule has 128 valence electrons. The van der Waals surface area contributed by atoms with E-state index in [4.69, 9.17) is 4.74 Å². The van der Waals surface area contributed by atoms with E-state index >= 15 is 0 Å². The normalized spacial score (nSPS) is 10.3. The molecule has 7 heteroatoms. The number of carbonyl (C=O) groups is 2. The Morgan fingerprint density at radius 3 is 2.73 bits per heavy atom. The number of urea groups is 1. The number of para-hydroxylation sites is 1. The molecule has 0 aliphatic heterocycles. The van der Waals surface area contributed by atoms with Crippen molar-refractivity contribution in [3.05, 3.63) is 65.9 Å². The lowest BCUT2D eigenvalue weighted by atomic mass is 10.1.